The molecule has 1 aliphatic heterocycles. The third-order valence-corrected chi connectivity index (χ3v) is 10.3. The normalized spacial score (nSPS) is 17.1. The average molecular weight is 725 g/mol. The van der Waals surface area contributed by atoms with Crippen molar-refractivity contribution in [2.45, 2.75) is 57.8 Å². The monoisotopic (exact) mass is 723 g/mol. The van der Waals surface area contributed by atoms with Crippen LogP contribution in [0.25, 0.3) is 11.1 Å². The summed E-state index contributed by atoms with van der Waals surface area (Å²) in [7, 11) is 0. The van der Waals surface area contributed by atoms with E-state index in [1.165, 1.54) is 65.1 Å². The molecule has 1 aliphatic carbocycles. The first-order valence-corrected chi connectivity index (χ1v) is 16.5. The topological polar surface area (TPSA) is 3.24 Å². The number of nitrogens with zero attached hydrogens (tertiary/aromatic N) is 1. The molecule has 0 N–H and O–H groups in total. The lowest BCUT2D eigenvalue weighted by molar-refractivity contribution is 0.587. The summed E-state index contributed by atoms with van der Waals surface area (Å²) >= 11 is 6.34. The highest BCUT2D eigenvalue weighted by Crippen LogP contribution is 2.64. The number of rotatable bonds is 1. The molecule has 0 saturated heterocycles. The Labute approximate surface area is 272 Å². The SMILES string of the molecule is CC(C)(C)c1ccc(N2c3ccccc3C3(c4cc(Br)ccc4-c4ccc(I)cc43)c3cc(C(C)(C)C)ccc32)cc1. The molecular formula is C39H35BrIN. The van der Waals surface area contributed by atoms with Crippen LogP contribution >= 0.6 is 38.5 Å². The van der Waals surface area contributed by atoms with Crippen LogP contribution in [0.15, 0.2) is 108 Å². The molecule has 210 valence electrons. The highest BCUT2D eigenvalue weighted by Gasteiger charge is 2.52. The van der Waals surface area contributed by atoms with Crippen LogP contribution in [0, 0.1) is 3.57 Å². The van der Waals surface area contributed by atoms with Gasteiger partial charge in [0, 0.05) is 13.7 Å². The summed E-state index contributed by atoms with van der Waals surface area (Å²) in [6.07, 6.45) is 0. The Hall–Kier alpha value is -2.89. The minimum atomic E-state index is -0.440. The van der Waals surface area contributed by atoms with Crippen LogP contribution in [-0.2, 0) is 16.2 Å². The van der Waals surface area contributed by atoms with E-state index >= 15 is 0 Å². The molecule has 1 spiro atoms. The van der Waals surface area contributed by atoms with E-state index in [1.807, 2.05) is 0 Å². The number of hydrogen-bond donors (Lipinski definition) is 0. The fourth-order valence-electron chi connectivity index (χ4n) is 7.00. The van der Waals surface area contributed by atoms with Crippen LogP contribution in [0.4, 0.5) is 17.1 Å². The Morgan fingerprint density at radius 2 is 1.17 bits per heavy atom. The third-order valence-electron chi connectivity index (χ3n) is 9.11. The lowest BCUT2D eigenvalue weighted by Gasteiger charge is -2.45. The predicted octanol–water partition coefficient (Wildman–Crippen LogP) is 11.8. The zero-order chi connectivity index (χ0) is 29.6. The lowest BCUT2D eigenvalue weighted by Crippen LogP contribution is -2.36. The maximum atomic E-state index is 3.86. The molecule has 0 bridgehead atoms. The standard InChI is InChI=1S/C39H35BrIN/c1-37(2,3)24-11-16-28(17-12-24)42-35-10-8-7-9-31(35)39(34-21-25(38(4,5)6)13-20-36(34)42)32-22-26(40)14-18-29(32)30-19-15-27(41)23-33(30)39/h7-23H,1-6H3. The van der Waals surface area contributed by atoms with Crippen molar-refractivity contribution in [1.29, 1.82) is 0 Å². The van der Waals surface area contributed by atoms with Gasteiger partial charge in [-0.15, -0.1) is 0 Å². The first-order chi connectivity index (χ1) is 19.9. The molecule has 7 rings (SSSR count). The van der Waals surface area contributed by atoms with E-state index in [4.69, 9.17) is 0 Å². The molecule has 0 aromatic heterocycles. The molecule has 1 unspecified atom stereocenters. The average Bonchev–Trinajstić information content (AvgIpc) is 3.21. The van der Waals surface area contributed by atoms with Crippen LogP contribution in [0.5, 0.6) is 0 Å². The van der Waals surface area contributed by atoms with Gasteiger partial charge >= 0.3 is 0 Å². The van der Waals surface area contributed by atoms with Gasteiger partial charge in [-0.05, 0) is 126 Å². The molecule has 1 heterocycles. The van der Waals surface area contributed by atoms with Crippen molar-refractivity contribution in [3.8, 4) is 11.1 Å². The van der Waals surface area contributed by atoms with Crippen molar-refractivity contribution in [2.24, 2.45) is 0 Å². The van der Waals surface area contributed by atoms with Crippen molar-refractivity contribution in [2.75, 3.05) is 4.90 Å². The van der Waals surface area contributed by atoms with Crippen LogP contribution in [0.2, 0.25) is 0 Å². The largest absolute Gasteiger partial charge is 0.310 e. The van der Waals surface area contributed by atoms with E-state index in [0.717, 1.165) is 4.47 Å². The third kappa shape index (κ3) is 4.06. The van der Waals surface area contributed by atoms with Gasteiger partial charge in [0.1, 0.15) is 0 Å². The first kappa shape index (κ1) is 27.9. The fourth-order valence-corrected chi connectivity index (χ4v) is 7.85. The minimum absolute atomic E-state index is 0.0129. The van der Waals surface area contributed by atoms with E-state index in [1.54, 1.807) is 0 Å². The van der Waals surface area contributed by atoms with Crippen molar-refractivity contribution in [3.05, 3.63) is 145 Å². The zero-order valence-corrected chi connectivity index (χ0v) is 28.8. The Bertz CT molecular complexity index is 1820. The molecule has 3 heteroatoms. The minimum Gasteiger partial charge on any atom is -0.310 e. The summed E-state index contributed by atoms with van der Waals surface area (Å²) in [5.41, 5.74) is 14.0. The van der Waals surface area contributed by atoms with E-state index in [0.29, 0.717) is 0 Å². The molecule has 0 radical (unpaired) electrons. The molecule has 1 atom stereocenters. The van der Waals surface area contributed by atoms with Gasteiger partial charge in [-0.1, -0.05) is 112 Å². The second-order valence-corrected chi connectivity index (χ2v) is 15.9. The van der Waals surface area contributed by atoms with Crippen LogP contribution in [-0.4, -0.2) is 0 Å². The van der Waals surface area contributed by atoms with Gasteiger partial charge in [0.2, 0.25) is 0 Å². The van der Waals surface area contributed by atoms with Crippen molar-refractivity contribution in [3.63, 3.8) is 0 Å². The number of hydrogen-bond acceptors (Lipinski definition) is 1. The molecule has 5 aromatic rings. The Kier molecular flexibility index (Phi) is 6.35. The molecule has 0 saturated carbocycles. The van der Waals surface area contributed by atoms with E-state index in [-0.39, 0.29) is 10.8 Å². The Morgan fingerprint density at radius 3 is 1.86 bits per heavy atom. The van der Waals surface area contributed by atoms with Crippen LogP contribution in [0.1, 0.15) is 74.9 Å². The molecule has 0 amide bonds. The summed E-state index contributed by atoms with van der Waals surface area (Å²) < 4.78 is 2.36. The van der Waals surface area contributed by atoms with Crippen molar-refractivity contribution in [1.82, 2.24) is 0 Å². The number of benzene rings is 5. The summed E-state index contributed by atoms with van der Waals surface area (Å²) in [4.78, 5) is 2.48. The number of para-hydroxylation sites is 1. The second kappa shape index (κ2) is 9.56. The second-order valence-electron chi connectivity index (χ2n) is 13.8. The quantitative estimate of drug-likeness (QED) is 0.152. The molecule has 2 aliphatic rings. The van der Waals surface area contributed by atoms with Gasteiger partial charge in [0.25, 0.3) is 0 Å². The van der Waals surface area contributed by atoms with E-state index in [2.05, 4.69) is 188 Å². The highest BCUT2D eigenvalue weighted by molar-refractivity contribution is 14.1. The van der Waals surface area contributed by atoms with Crippen molar-refractivity contribution < 1.29 is 0 Å². The summed E-state index contributed by atoms with van der Waals surface area (Å²) in [6, 6.07) is 39.3. The summed E-state index contributed by atoms with van der Waals surface area (Å²) in [6.45, 7) is 13.8. The maximum absolute atomic E-state index is 3.86. The molecule has 1 nitrogen and oxygen atoms in total. The van der Waals surface area contributed by atoms with Gasteiger partial charge in [-0.3, -0.25) is 0 Å². The van der Waals surface area contributed by atoms with Gasteiger partial charge in [0.15, 0.2) is 0 Å². The van der Waals surface area contributed by atoms with Gasteiger partial charge in [0.05, 0.1) is 16.8 Å². The van der Waals surface area contributed by atoms with Gasteiger partial charge in [-0.25, -0.2) is 0 Å². The smallest absolute Gasteiger partial charge is 0.0755 e. The number of anilines is 3. The van der Waals surface area contributed by atoms with Gasteiger partial charge < -0.3 is 4.90 Å². The Balaban J connectivity index is 1.62. The molecule has 0 fully saturated rings. The van der Waals surface area contributed by atoms with Crippen LogP contribution in [0.3, 0.4) is 0 Å². The zero-order valence-electron chi connectivity index (χ0n) is 25.0. The lowest BCUT2D eigenvalue weighted by atomic mass is 9.64. The summed E-state index contributed by atoms with van der Waals surface area (Å²) in [5, 5.41) is 0. The Morgan fingerprint density at radius 1 is 0.571 bits per heavy atom. The van der Waals surface area contributed by atoms with Gasteiger partial charge in [-0.2, -0.15) is 0 Å². The summed E-state index contributed by atoms with van der Waals surface area (Å²) in [5.74, 6) is 0. The molecular weight excluding hydrogens is 689 g/mol. The highest BCUT2D eigenvalue weighted by atomic mass is 127. The molecule has 5 aromatic carbocycles. The fraction of sp³-hybridized carbons (Fsp3) is 0.231. The maximum Gasteiger partial charge on any atom is 0.0755 e. The van der Waals surface area contributed by atoms with Crippen molar-refractivity contribution >= 4 is 55.6 Å². The van der Waals surface area contributed by atoms with Crippen LogP contribution < -0.4 is 4.90 Å². The predicted molar refractivity (Wildman–Crippen MR) is 190 cm³/mol. The number of halogens is 2. The first-order valence-electron chi connectivity index (χ1n) is 14.7. The van der Waals surface area contributed by atoms with E-state index < -0.39 is 5.41 Å². The van der Waals surface area contributed by atoms with E-state index in [9.17, 15) is 0 Å². The molecule has 42 heavy (non-hydrogen) atoms. The number of fused-ring (bicyclic) bond motifs is 9.